The van der Waals surface area contributed by atoms with Gasteiger partial charge in [-0.05, 0) is 38.3 Å². The quantitative estimate of drug-likeness (QED) is 0.668. The van der Waals surface area contributed by atoms with Gasteiger partial charge in [-0.2, -0.15) is 0 Å². The monoisotopic (exact) mass is 213 g/mol. The van der Waals surface area contributed by atoms with Crippen LogP contribution in [0.1, 0.15) is 33.1 Å². The molecule has 3 heteroatoms. The summed E-state index contributed by atoms with van der Waals surface area (Å²) in [7, 11) is 1.48. The van der Waals surface area contributed by atoms with Crippen LogP contribution < -0.4 is 0 Å². The van der Waals surface area contributed by atoms with E-state index in [2.05, 4.69) is 18.7 Å². The van der Waals surface area contributed by atoms with Crippen molar-refractivity contribution in [3.05, 3.63) is 0 Å². The van der Waals surface area contributed by atoms with E-state index in [4.69, 9.17) is 4.74 Å². The van der Waals surface area contributed by atoms with E-state index in [0.29, 0.717) is 0 Å². The second-order valence-electron chi connectivity index (χ2n) is 4.85. The number of carbonyl (C=O) groups excluding carboxylic acids is 1. The van der Waals surface area contributed by atoms with Gasteiger partial charge in [0.05, 0.1) is 13.0 Å². The number of methoxy groups -OCH3 is 1. The van der Waals surface area contributed by atoms with Crippen molar-refractivity contribution in [3.8, 4) is 0 Å². The lowest BCUT2D eigenvalue weighted by atomic mass is 9.97. The third kappa shape index (κ3) is 4.20. The lowest BCUT2D eigenvalue weighted by molar-refractivity contribution is -0.147. The Labute approximate surface area is 92.8 Å². The van der Waals surface area contributed by atoms with Crippen LogP contribution in [0.3, 0.4) is 0 Å². The number of hydrogen-bond donors (Lipinski definition) is 0. The third-order valence-electron chi connectivity index (χ3n) is 3.06. The van der Waals surface area contributed by atoms with Crippen molar-refractivity contribution in [2.75, 3.05) is 26.7 Å². The van der Waals surface area contributed by atoms with Crippen molar-refractivity contribution in [2.45, 2.75) is 33.1 Å². The standard InChI is InChI=1S/C12H23NO2/c1-10(2)6-8-13-7-4-5-11(9-13)12(14)15-3/h10-11H,4-9H2,1-3H3. The van der Waals surface area contributed by atoms with Gasteiger partial charge in [-0.15, -0.1) is 0 Å². The van der Waals surface area contributed by atoms with Gasteiger partial charge in [0.15, 0.2) is 0 Å². The van der Waals surface area contributed by atoms with Crippen molar-refractivity contribution >= 4 is 5.97 Å². The molecule has 1 fully saturated rings. The molecule has 1 heterocycles. The summed E-state index contributed by atoms with van der Waals surface area (Å²) in [5.74, 6) is 0.809. The van der Waals surface area contributed by atoms with Crippen LogP contribution in [0.5, 0.6) is 0 Å². The average Bonchev–Trinajstić information content (AvgIpc) is 2.25. The number of esters is 1. The van der Waals surface area contributed by atoms with Crippen molar-refractivity contribution < 1.29 is 9.53 Å². The molecule has 1 unspecified atom stereocenters. The van der Waals surface area contributed by atoms with E-state index in [1.54, 1.807) is 0 Å². The molecule has 0 bridgehead atoms. The average molecular weight is 213 g/mol. The van der Waals surface area contributed by atoms with Crippen LogP contribution in [-0.4, -0.2) is 37.6 Å². The maximum Gasteiger partial charge on any atom is 0.309 e. The van der Waals surface area contributed by atoms with E-state index in [1.165, 1.54) is 13.5 Å². The number of ether oxygens (including phenoxy) is 1. The molecule has 3 nitrogen and oxygen atoms in total. The summed E-state index contributed by atoms with van der Waals surface area (Å²) in [4.78, 5) is 13.8. The summed E-state index contributed by atoms with van der Waals surface area (Å²) in [6.07, 6.45) is 3.33. The first-order valence-electron chi connectivity index (χ1n) is 5.93. The Kier molecular flexibility index (Phi) is 5.09. The minimum Gasteiger partial charge on any atom is -0.469 e. The Bertz CT molecular complexity index is 204. The highest BCUT2D eigenvalue weighted by Gasteiger charge is 2.25. The van der Waals surface area contributed by atoms with Crippen LogP contribution in [-0.2, 0) is 9.53 Å². The summed E-state index contributed by atoms with van der Waals surface area (Å²) < 4.78 is 4.80. The fourth-order valence-corrected chi connectivity index (χ4v) is 2.06. The largest absolute Gasteiger partial charge is 0.469 e. The molecule has 0 amide bonds. The maximum absolute atomic E-state index is 11.4. The molecule has 15 heavy (non-hydrogen) atoms. The fraction of sp³-hybridized carbons (Fsp3) is 0.917. The topological polar surface area (TPSA) is 29.5 Å². The molecular formula is C12H23NO2. The van der Waals surface area contributed by atoms with Crippen LogP contribution >= 0.6 is 0 Å². The minimum atomic E-state index is -0.0377. The van der Waals surface area contributed by atoms with Crippen molar-refractivity contribution in [3.63, 3.8) is 0 Å². The van der Waals surface area contributed by atoms with Crippen LogP contribution in [0.25, 0.3) is 0 Å². The molecule has 88 valence electrons. The van der Waals surface area contributed by atoms with Gasteiger partial charge in [0.1, 0.15) is 0 Å². The van der Waals surface area contributed by atoms with E-state index in [-0.39, 0.29) is 11.9 Å². The molecular weight excluding hydrogens is 190 g/mol. The van der Waals surface area contributed by atoms with E-state index >= 15 is 0 Å². The molecule has 1 rings (SSSR count). The number of rotatable bonds is 4. The molecule has 1 aliphatic rings. The molecule has 1 aliphatic heterocycles. The van der Waals surface area contributed by atoms with E-state index in [9.17, 15) is 4.79 Å². The number of piperidine rings is 1. The lowest BCUT2D eigenvalue weighted by Crippen LogP contribution is -2.39. The van der Waals surface area contributed by atoms with Gasteiger partial charge in [0, 0.05) is 6.54 Å². The first-order chi connectivity index (χ1) is 7.13. The zero-order valence-corrected chi connectivity index (χ0v) is 10.2. The Balaban J connectivity index is 2.32. The Morgan fingerprint density at radius 3 is 2.87 bits per heavy atom. The first kappa shape index (κ1) is 12.5. The highest BCUT2D eigenvalue weighted by molar-refractivity contribution is 5.72. The van der Waals surface area contributed by atoms with E-state index < -0.39 is 0 Å². The van der Waals surface area contributed by atoms with Crippen molar-refractivity contribution in [2.24, 2.45) is 11.8 Å². The molecule has 0 saturated carbocycles. The van der Waals surface area contributed by atoms with Crippen molar-refractivity contribution in [1.29, 1.82) is 0 Å². The van der Waals surface area contributed by atoms with Gasteiger partial charge >= 0.3 is 5.97 Å². The molecule has 0 N–H and O–H groups in total. The molecule has 1 atom stereocenters. The minimum absolute atomic E-state index is 0.0377. The summed E-state index contributed by atoms with van der Waals surface area (Å²) in [6.45, 7) is 7.62. The Morgan fingerprint density at radius 1 is 1.53 bits per heavy atom. The second kappa shape index (κ2) is 6.11. The second-order valence-corrected chi connectivity index (χ2v) is 4.85. The van der Waals surface area contributed by atoms with E-state index in [1.807, 2.05) is 0 Å². The van der Waals surface area contributed by atoms with Gasteiger partial charge in [-0.3, -0.25) is 4.79 Å². The number of likely N-dealkylation sites (tertiary alicyclic amines) is 1. The zero-order chi connectivity index (χ0) is 11.3. The SMILES string of the molecule is COC(=O)C1CCCN(CCC(C)C)C1. The number of hydrogen-bond acceptors (Lipinski definition) is 3. The molecule has 0 aromatic carbocycles. The van der Waals surface area contributed by atoms with Gasteiger partial charge in [-0.25, -0.2) is 0 Å². The van der Waals surface area contributed by atoms with Gasteiger partial charge in [-0.1, -0.05) is 13.8 Å². The third-order valence-corrected chi connectivity index (χ3v) is 3.06. The Morgan fingerprint density at radius 2 is 2.27 bits per heavy atom. The van der Waals surface area contributed by atoms with Crippen molar-refractivity contribution in [1.82, 2.24) is 4.90 Å². The lowest BCUT2D eigenvalue weighted by Gasteiger charge is -2.31. The van der Waals surface area contributed by atoms with Gasteiger partial charge in [0.25, 0.3) is 0 Å². The molecule has 0 spiro atoms. The highest BCUT2D eigenvalue weighted by atomic mass is 16.5. The summed E-state index contributed by atoms with van der Waals surface area (Å²) >= 11 is 0. The highest BCUT2D eigenvalue weighted by Crippen LogP contribution is 2.18. The first-order valence-corrected chi connectivity index (χ1v) is 5.93. The predicted molar refractivity (Wildman–Crippen MR) is 60.6 cm³/mol. The molecule has 0 aliphatic carbocycles. The smallest absolute Gasteiger partial charge is 0.309 e. The van der Waals surface area contributed by atoms with Crippen LogP contribution in [0.4, 0.5) is 0 Å². The van der Waals surface area contributed by atoms with Crippen LogP contribution in [0.15, 0.2) is 0 Å². The maximum atomic E-state index is 11.4. The number of nitrogens with zero attached hydrogens (tertiary/aromatic N) is 1. The zero-order valence-electron chi connectivity index (χ0n) is 10.2. The summed E-state index contributed by atoms with van der Waals surface area (Å²) in [5, 5.41) is 0. The molecule has 0 aromatic rings. The van der Waals surface area contributed by atoms with E-state index in [0.717, 1.165) is 38.4 Å². The Hall–Kier alpha value is -0.570. The summed E-state index contributed by atoms with van der Waals surface area (Å²) in [5.41, 5.74) is 0. The molecule has 0 radical (unpaired) electrons. The normalized spacial score (nSPS) is 23.1. The van der Waals surface area contributed by atoms with Crippen LogP contribution in [0, 0.1) is 11.8 Å². The van der Waals surface area contributed by atoms with Crippen LogP contribution in [0.2, 0.25) is 0 Å². The summed E-state index contributed by atoms with van der Waals surface area (Å²) in [6, 6.07) is 0. The molecule has 0 aromatic heterocycles. The van der Waals surface area contributed by atoms with Gasteiger partial charge in [0.2, 0.25) is 0 Å². The number of carbonyl (C=O) groups is 1. The fourth-order valence-electron chi connectivity index (χ4n) is 2.06. The predicted octanol–water partition coefficient (Wildman–Crippen LogP) is 1.92. The molecule has 1 saturated heterocycles. The van der Waals surface area contributed by atoms with Gasteiger partial charge < -0.3 is 9.64 Å².